The number of nitrogens with zero attached hydrogens (tertiary/aromatic N) is 4. The van der Waals surface area contributed by atoms with Gasteiger partial charge in [0.05, 0.1) is 0 Å². The van der Waals surface area contributed by atoms with Crippen molar-refractivity contribution >= 4 is 32.7 Å². The number of carbonyl (C=O) groups is 1. The Morgan fingerprint density at radius 1 is 1.35 bits per heavy atom. The Kier molecular flexibility index (Phi) is 3.94. The van der Waals surface area contributed by atoms with E-state index in [9.17, 15) is 14.4 Å². The molecule has 1 aliphatic rings. The van der Waals surface area contributed by atoms with Crippen LogP contribution in [0.4, 0.5) is 5.13 Å². The third kappa shape index (κ3) is 2.75. The second-order valence-corrected chi connectivity index (χ2v) is 6.69. The number of hydrogen-bond donors (Lipinski definition) is 2. The first kappa shape index (κ1) is 15.7. The number of fused-ring (bicyclic) bond motifs is 1. The molecule has 0 aliphatic carbocycles. The average molecular weight is 338 g/mol. The topological polar surface area (TPSA) is 129 Å². The van der Waals surface area contributed by atoms with Crippen molar-refractivity contribution in [2.75, 3.05) is 18.8 Å². The van der Waals surface area contributed by atoms with E-state index < -0.39 is 11.2 Å². The Morgan fingerprint density at radius 2 is 2.00 bits per heavy atom. The van der Waals surface area contributed by atoms with Gasteiger partial charge in [-0.3, -0.25) is 14.2 Å². The fourth-order valence-corrected chi connectivity index (χ4v) is 3.51. The van der Waals surface area contributed by atoms with Gasteiger partial charge < -0.3 is 16.4 Å². The number of hydrogen-bond acceptors (Lipinski definition) is 7. The van der Waals surface area contributed by atoms with Crippen molar-refractivity contribution in [3.8, 4) is 0 Å². The molecular weight excluding hydrogens is 320 g/mol. The van der Waals surface area contributed by atoms with Crippen molar-refractivity contribution < 1.29 is 4.79 Å². The van der Waals surface area contributed by atoms with Crippen LogP contribution in [0.2, 0.25) is 0 Å². The summed E-state index contributed by atoms with van der Waals surface area (Å²) in [6.45, 7) is 0.810. The van der Waals surface area contributed by atoms with Crippen LogP contribution in [-0.4, -0.2) is 44.1 Å². The van der Waals surface area contributed by atoms with Crippen LogP contribution in [0.15, 0.2) is 9.59 Å². The van der Waals surface area contributed by atoms with Gasteiger partial charge in [0.15, 0.2) is 10.8 Å². The number of likely N-dealkylation sites (tertiary alicyclic amines) is 1. The molecule has 3 rings (SSSR count). The minimum atomic E-state index is -0.574. The first-order valence-corrected chi connectivity index (χ1v) is 8.09. The van der Waals surface area contributed by atoms with Gasteiger partial charge >= 0.3 is 5.69 Å². The molecule has 124 valence electrons. The molecule has 0 atom stereocenters. The number of aryl methyl sites for hydroxylation is 1. The van der Waals surface area contributed by atoms with Crippen molar-refractivity contribution in [3.05, 3.63) is 20.8 Å². The van der Waals surface area contributed by atoms with E-state index in [4.69, 9.17) is 11.5 Å². The lowest BCUT2D eigenvalue weighted by atomic mass is 10.1. The Balaban J connectivity index is 1.95. The van der Waals surface area contributed by atoms with Gasteiger partial charge in [0, 0.05) is 26.2 Å². The highest BCUT2D eigenvalue weighted by molar-refractivity contribution is 7.21. The third-order valence-corrected chi connectivity index (χ3v) is 4.95. The molecular formula is C13H18N6O3S. The van der Waals surface area contributed by atoms with Crippen LogP contribution >= 0.6 is 11.3 Å². The highest BCUT2D eigenvalue weighted by Crippen LogP contribution is 2.18. The summed E-state index contributed by atoms with van der Waals surface area (Å²) in [5, 5.41) is 0.209. The fraction of sp³-hybridized carbons (Fsp3) is 0.538. The van der Waals surface area contributed by atoms with Crippen LogP contribution in [0.3, 0.4) is 0 Å². The van der Waals surface area contributed by atoms with Crippen LogP contribution in [-0.2, 0) is 18.4 Å². The molecule has 1 amide bonds. The van der Waals surface area contributed by atoms with Crippen LogP contribution in [0.1, 0.15) is 12.8 Å². The van der Waals surface area contributed by atoms with E-state index in [1.165, 1.54) is 11.6 Å². The molecule has 3 heterocycles. The first-order chi connectivity index (χ1) is 10.9. The summed E-state index contributed by atoms with van der Waals surface area (Å²) < 4.78 is 2.46. The minimum Gasteiger partial charge on any atom is -0.375 e. The number of nitrogen functional groups attached to an aromatic ring is 1. The lowest BCUT2D eigenvalue weighted by Gasteiger charge is -2.30. The quantitative estimate of drug-likeness (QED) is 0.699. The van der Waals surface area contributed by atoms with E-state index in [-0.39, 0.29) is 34.0 Å². The Labute approximate surface area is 135 Å². The molecule has 2 aromatic rings. The monoisotopic (exact) mass is 338 g/mol. The third-order valence-electron chi connectivity index (χ3n) is 4.09. The Bertz CT molecular complexity index is 874. The largest absolute Gasteiger partial charge is 0.375 e. The number of aromatic nitrogens is 3. The molecule has 4 N–H and O–H groups in total. The molecule has 0 saturated carbocycles. The zero-order chi connectivity index (χ0) is 16.7. The van der Waals surface area contributed by atoms with Crippen LogP contribution < -0.4 is 22.7 Å². The first-order valence-electron chi connectivity index (χ1n) is 7.27. The summed E-state index contributed by atoms with van der Waals surface area (Å²) in [5.74, 6) is -0.257. The van der Waals surface area contributed by atoms with E-state index in [0.29, 0.717) is 13.1 Å². The van der Waals surface area contributed by atoms with Crippen molar-refractivity contribution in [2.24, 2.45) is 12.8 Å². The lowest BCUT2D eigenvalue weighted by molar-refractivity contribution is -0.133. The number of amides is 1. The van der Waals surface area contributed by atoms with E-state index in [1.807, 2.05) is 0 Å². The van der Waals surface area contributed by atoms with E-state index in [1.54, 1.807) is 4.90 Å². The van der Waals surface area contributed by atoms with E-state index in [2.05, 4.69) is 4.98 Å². The molecule has 2 aromatic heterocycles. The maximum atomic E-state index is 12.5. The molecule has 0 aromatic carbocycles. The maximum Gasteiger partial charge on any atom is 0.332 e. The highest BCUT2D eigenvalue weighted by Gasteiger charge is 2.23. The number of nitrogens with two attached hydrogens (primary N) is 2. The molecule has 1 fully saturated rings. The summed E-state index contributed by atoms with van der Waals surface area (Å²) in [5.41, 5.74) is 10.6. The van der Waals surface area contributed by atoms with Gasteiger partial charge in [0.25, 0.3) is 5.56 Å². The summed E-state index contributed by atoms with van der Waals surface area (Å²) in [4.78, 5) is 42.8. The standard InChI is InChI=1S/C13H18N6O3S/c1-17-10-9(23-12(15)16-10)11(21)19(13(17)22)6-8(20)18-4-2-7(14)3-5-18/h7H,2-6,14H2,1H3,(H2,15,16). The number of rotatable bonds is 2. The SMILES string of the molecule is Cn1c(=O)n(CC(=O)N2CCC(N)CC2)c(=O)c2sc(N)nc21. The molecule has 9 nitrogen and oxygen atoms in total. The molecule has 1 saturated heterocycles. The zero-order valence-electron chi connectivity index (χ0n) is 12.7. The summed E-state index contributed by atoms with van der Waals surface area (Å²) in [6.07, 6.45) is 1.45. The number of anilines is 1. The molecule has 10 heteroatoms. The number of thiazole rings is 1. The lowest BCUT2D eigenvalue weighted by Crippen LogP contribution is -2.47. The van der Waals surface area contributed by atoms with Crippen molar-refractivity contribution in [3.63, 3.8) is 0 Å². The summed E-state index contributed by atoms with van der Waals surface area (Å²) in [6, 6.07) is 0.103. The van der Waals surface area contributed by atoms with Crippen LogP contribution in [0, 0.1) is 0 Å². The molecule has 0 radical (unpaired) electrons. The number of piperidine rings is 1. The smallest absolute Gasteiger partial charge is 0.332 e. The Morgan fingerprint density at radius 3 is 2.65 bits per heavy atom. The normalized spacial score (nSPS) is 16.2. The predicted octanol–water partition coefficient (Wildman–Crippen LogP) is -1.31. The second-order valence-electron chi connectivity index (χ2n) is 5.66. The Hall–Kier alpha value is -2.20. The zero-order valence-corrected chi connectivity index (χ0v) is 13.5. The van der Waals surface area contributed by atoms with Crippen molar-refractivity contribution in [1.82, 2.24) is 19.0 Å². The van der Waals surface area contributed by atoms with E-state index in [0.717, 1.165) is 28.7 Å². The van der Waals surface area contributed by atoms with Crippen molar-refractivity contribution in [2.45, 2.75) is 25.4 Å². The summed E-state index contributed by atoms with van der Waals surface area (Å²) in [7, 11) is 1.50. The van der Waals surface area contributed by atoms with Crippen molar-refractivity contribution in [1.29, 1.82) is 0 Å². The second kappa shape index (κ2) is 5.78. The minimum absolute atomic E-state index is 0.103. The fourth-order valence-electron chi connectivity index (χ4n) is 2.70. The van der Waals surface area contributed by atoms with Gasteiger partial charge in [-0.15, -0.1) is 0 Å². The predicted molar refractivity (Wildman–Crippen MR) is 87.3 cm³/mol. The van der Waals surface area contributed by atoms with Gasteiger partial charge in [-0.2, -0.15) is 0 Å². The van der Waals surface area contributed by atoms with Gasteiger partial charge in [0.2, 0.25) is 5.91 Å². The van der Waals surface area contributed by atoms with Gasteiger partial charge in [-0.1, -0.05) is 11.3 Å². The van der Waals surface area contributed by atoms with Gasteiger partial charge in [-0.05, 0) is 12.8 Å². The molecule has 23 heavy (non-hydrogen) atoms. The summed E-state index contributed by atoms with van der Waals surface area (Å²) >= 11 is 1.01. The van der Waals surface area contributed by atoms with Crippen LogP contribution in [0.5, 0.6) is 0 Å². The van der Waals surface area contributed by atoms with E-state index >= 15 is 0 Å². The molecule has 1 aliphatic heterocycles. The molecule has 0 unspecified atom stereocenters. The molecule has 0 spiro atoms. The average Bonchev–Trinajstić information content (AvgIpc) is 2.92. The van der Waals surface area contributed by atoms with Gasteiger partial charge in [-0.25, -0.2) is 14.3 Å². The maximum absolute atomic E-state index is 12.5. The highest BCUT2D eigenvalue weighted by atomic mass is 32.1. The van der Waals surface area contributed by atoms with Gasteiger partial charge in [0.1, 0.15) is 11.2 Å². The number of carbonyl (C=O) groups excluding carboxylic acids is 1. The molecule has 0 bridgehead atoms. The van der Waals surface area contributed by atoms with Crippen LogP contribution in [0.25, 0.3) is 10.3 Å².